The molecule has 4 heteroatoms. The van der Waals surface area contributed by atoms with Crippen molar-refractivity contribution in [2.75, 3.05) is 0 Å². The van der Waals surface area contributed by atoms with Crippen molar-refractivity contribution in [2.45, 2.75) is 12.5 Å². The molecule has 20 heavy (non-hydrogen) atoms. The Balaban J connectivity index is 1.97. The van der Waals surface area contributed by atoms with Crippen molar-refractivity contribution in [3.63, 3.8) is 0 Å². The molecule has 0 fully saturated rings. The molecule has 3 aromatic rings. The highest BCUT2D eigenvalue weighted by molar-refractivity contribution is 9.10. The van der Waals surface area contributed by atoms with Gasteiger partial charge in [-0.3, -0.25) is 0 Å². The van der Waals surface area contributed by atoms with Crippen molar-refractivity contribution in [1.82, 2.24) is 4.57 Å². The summed E-state index contributed by atoms with van der Waals surface area (Å²) in [5.41, 5.74) is 0.850. The predicted octanol–water partition coefficient (Wildman–Crippen LogP) is 5.20. The topological polar surface area (TPSA) is 4.93 Å². The largest absolute Gasteiger partial charge is 0.341 e. The first kappa shape index (κ1) is 13.3. The van der Waals surface area contributed by atoms with Crippen LogP contribution >= 0.6 is 15.9 Å². The van der Waals surface area contributed by atoms with E-state index >= 15 is 0 Å². The van der Waals surface area contributed by atoms with Crippen molar-refractivity contribution in [3.05, 3.63) is 70.8 Å². The van der Waals surface area contributed by atoms with Gasteiger partial charge in [0.25, 0.3) is 5.92 Å². The van der Waals surface area contributed by atoms with E-state index in [-0.39, 0.29) is 12.1 Å². The first-order valence-corrected chi connectivity index (χ1v) is 7.03. The molecule has 0 radical (unpaired) electrons. The highest BCUT2D eigenvalue weighted by Gasteiger charge is 2.32. The summed E-state index contributed by atoms with van der Waals surface area (Å²) < 4.78 is 31.1. The number of alkyl halides is 2. The van der Waals surface area contributed by atoms with E-state index in [1.54, 1.807) is 29.0 Å². The van der Waals surface area contributed by atoms with Gasteiger partial charge in [0.1, 0.15) is 0 Å². The van der Waals surface area contributed by atoms with Gasteiger partial charge in [0.2, 0.25) is 0 Å². The lowest BCUT2D eigenvalue weighted by atomic mass is 10.1. The Morgan fingerprint density at radius 3 is 2.50 bits per heavy atom. The second-order valence-electron chi connectivity index (χ2n) is 4.72. The van der Waals surface area contributed by atoms with E-state index in [9.17, 15) is 8.78 Å². The molecule has 2 aromatic carbocycles. The minimum atomic E-state index is -2.89. The van der Waals surface area contributed by atoms with Gasteiger partial charge in [-0.15, -0.1) is 0 Å². The van der Waals surface area contributed by atoms with Crippen molar-refractivity contribution in [3.8, 4) is 0 Å². The van der Waals surface area contributed by atoms with Gasteiger partial charge in [-0.1, -0.05) is 46.3 Å². The van der Waals surface area contributed by atoms with Crippen molar-refractivity contribution in [1.29, 1.82) is 0 Å². The molecule has 0 spiro atoms. The maximum atomic E-state index is 14.3. The highest BCUT2D eigenvalue weighted by Crippen LogP contribution is 2.31. The molecule has 0 atom stereocenters. The molecular weight excluding hydrogens is 324 g/mol. The van der Waals surface area contributed by atoms with Gasteiger partial charge in [-0.05, 0) is 24.3 Å². The van der Waals surface area contributed by atoms with Gasteiger partial charge >= 0.3 is 0 Å². The van der Waals surface area contributed by atoms with Crippen LogP contribution in [0.25, 0.3) is 10.9 Å². The van der Waals surface area contributed by atoms with Crippen LogP contribution in [0.3, 0.4) is 0 Å². The van der Waals surface area contributed by atoms with Gasteiger partial charge < -0.3 is 4.57 Å². The summed E-state index contributed by atoms with van der Waals surface area (Å²) in [6, 6.07) is 15.4. The van der Waals surface area contributed by atoms with Crippen LogP contribution in [-0.4, -0.2) is 4.57 Å². The third-order valence-corrected chi connectivity index (χ3v) is 3.79. The smallest absolute Gasteiger partial charge is 0.290 e. The van der Waals surface area contributed by atoms with Crippen LogP contribution in [0.15, 0.2) is 65.3 Å². The maximum absolute atomic E-state index is 14.3. The van der Waals surface area contributed by atoms with Gasteiger partial charge in [-0.25, -0.2) is 0 Å². The lowest BCUT2D eigenvalue weighted by Gasteiger charge is -2.18. The average molecular weight is 336 g/mol. The van der Waals surface area contributed by atoms with Gasteiger partial charge in [-0.2, -0.15) is 8.78 Å². The minimum Gasteiger partial charge on any atom is -0.341 e. The molecule has 1 aromatic heterocycles. The van der Waals surface area contributed by atoms with Crippen molar-refractivity contribution < 1.29 is 8.78 Å². The zero-order valence-electron chi connectivity index (χ0n) is 10.6. The zero-order valence-corrected chi connectivity index (χ0v) is 12.1. The Morgan fingerprint density at radius 1 is 1.00 bits per heavy atom. The summed E-state index contributed by atoms with van der Waals surface area (Å²) in [5.74, 6) is -2.89. The number of hydrogen-bond donors (Lipinski definition) is 0. The summed E-state index contributed by atoms with van der Waals surface area (Å²) in [5, 5.41) is 0.947. The molecule has 0 unspecified atom stereocenters. The number of rotatable bonds is 3. The van der Waals surface area contributed by atoms with Gasteiger partial charge in [0, 0.05) is 27.1 Å². The third kappa shape index (κ3) is 2.48. The zero-order chi connectivity index (χ0) is 14.2. The van der Waals surface area contributed by atoms with Crippen LogP contribution in [0.5, 0.6) is 0 Å². The molecule has 0 aliphatic rings. The molecule has 1 nitrogen and oxygen atoms in total. The number of hydrogen-bond acceptors (Lipinski definition) is 0. The number of halogens is 3. The number of nitrogens with zero attached hydrogens (tertiary/aromatic N) is 1. The third-order valence-electron chi connectivity index (χ3n) is 3.30. The molecule has 0 N–H and O–H groups in total. The molecule has 3 rings (SSSR count). The first-order chi connectivity index (χ1) is 9.56. The Labute approximate surface area is 124 Å². The van der Waals surface area contributed by atoms with E-state index in [4.69, 9.17) is 0 Å². The number of fused-ring (bicyclic) bond motifs is 1. The van der Waals surface area contributed by atoms with Crippen LogP contribution < -0.4 is 0 Å². The minimum absolute atomic E-state index is 0.0407. The fraction of sp³-hybridized carbons (Fsp3) is 0.125. The molecule has 0 amide bonds. The molecule has 1 heterocycles. The van der Waals surface area contributed by atoms with E-state index in [2.05, 4.69) is 15.9 Å². The molecular formula is C16H12BrF2N. The Bertz CT molecular complexity index is 735. The standard InChI is InChI=1S/C16H12BrF2N/c17-14-6-7-15-12(10-14)8-9-20(15)11-16(18,19)13-4-2-1-3-5-13/h1-10H,11H2. The molecule has 0 aliphatic carbocycles. The van der Waals surface area contributed by atoms with Crippen molar-refractivity contribution >= 4 is 26.8 Å². The van der Waals surface area contributed by atoms with E-state index in [0.717, 1.165) is 15.4 Å². The summed E-state index contributed by atoms with van der Waals surface area (Å²) in [4.78, 5) is 0. The lowest BCUT2D eigenvalue weighted by molar-refractivity contribution is -0.0211. The normalized spacial score (nSPS) is 11.9. The summed E-state index contributed by atoms with van der Waals surface area (Å²) in [7, 11) is 0. The molecule has 0 saturated carbocycles. The van der Waals surface area contributed by atoms with Crippen LogP contribution in [0.2, 0.25) is 0 Å². The summed E-state index contributed by atoms with van der Waals surface area (Å²) in [6.45, 7) is -0.359. The molecule has 0 aliphatic heterocycles. The van der Waals surface area contributed by atoms with E-state index in [0.29, 0.717) is 0 Å². The monoisotopic (exact) mass is 335 g/mol. The molecule has 0 bridgehead atoms. The van der Waals surface area contributed by atoms with Crippen LogP contribution in [0, 0.1) is 0 Å². The van der Waals surface area contributed by atoms with Gasteiger partial charge in [0.05, 0.1) is 6.54 Å². The van der Waals surface area contributed by atoms with Gasteiger partial charge in [0.15, 0.2) is 0 Å². The maximum Gasteiger partial charge on any atom is 0.290 e. The summed E-state index contributed by atoms with van der Waals surface area (Å²) in [6.07, 6.45) is 1.70. The molecule has 102 valence electrons. The van der Waals surface area contributed by atoms with Crippen LogP contribution in [-0.2, 0) is 12.5 Å². The van der Waals surface area contributed by atoms with E-state index in [1.807, 2.05) is 24.3 Å². The predicted molar refractivity (Wildman–Crippen MR) is 80.0 cm³/mol. The van der Waals surface area contributed by atoms with Crippen molar-refractivity contribution in [2.24, 2.45) is 0 Å². The van der Waals surface area contributed by atoms with Crippen LogP contribution in [0.4, 0.5) is 8.78 Å². The second kappa shape index (κ2) is 5.02. The SMILES string of the molecule is FC(F)(Cn1ccc2cc(Br)ccc21)c1ccccc1. The number of aromatic nitrogens is 1. The second-order valence-corrected chi connectivity index (χ2v) is 5.63. The highest BCUT2D eigenvalue weighted by atomic mass is 79.9. The average Bonchev–Trinajstić information content (AvgIpc) is 2.81. The fourth-order valence-electron chi connectivity index (χ4n) is 2.30. The van der Waals surface area contributed by atoms with E-state index in [1.165, 1.54) is 12.1 Å². The fourth-order valence-corrected chi connectivity index (χ4v) is 2.67. The number of benzene rings is 2. The Morgan fingerprint density at radius 2 is 1.75 bits per heavy atom. The Kier molecular flexibility index (Phi) is 3.34. The first-order valence-electron chi connectivity index (χ1n) is 6.24. The van der Waals surface area contributed by atoms with E-state index < -0.39 is 5.92 Å². The Hall–Kier alpha value is -1.68. The quantitative estimate of drug-likeness (QED) is 0.620. The molecule has 0 saturated heterocycles. The lowest BCUT2D eigenvalue weighted by Crippen LogP contribution is -2.20. The van der Waals surface area contributed by atoms with Crippen LogP contribution in [0.1, 0.15) is 5.56 Å². The summed E-state index contributed by atoms with van der Waals surface area (Å²) >= 11 is 3.38.